The molecule has 0 bridgehead atoms. The highest BCUT2D eigenvalue weighted by molar-refractivity contribution is 8.01. The lowest BCUT2D eigenvalue weighted by Crippen LogP contribution is -2.21. The second-order valence-electron chi connectivity index (χ2n) is 8.41. The van der Waals surface area contributed by atoms with Crippen molar-refractivity contribution < 1.29 is 9.47 Å². The first-order chi connectivity index (χ1) is 14.4. The number of ether oxygens (including phenoxy) is 2. The highest BCUT2D eigenvalue weighted by Crippen LogP contribution is 2.47. The molecule has 0 spiro atoms. The van der Waals surface area contributed by atoms with Crippen molar-refractivity contribution in [3.8, 4) is 0 Å². The molecule has 0 amide bonds. The van der Waals surface area contributed by atoms with Gasteiger partial charge < -0.3 is 9.47 Å². The Labute approximate surface area is 183 Å². The fraction of sp³-hybridized carbons (Fsp3) is 0.714. The molecule has 1 aliphatic carbocycles. The quantitative estimate of drug-likeness (QED) is 0.392. The van der Waals surface area contributed by atoms with Gasteiger partial charge in [0, 0.05) is 38.5 Å². The van der Waals surface area contributed by atoms with Crippen LogP contribution in [0.4, 0.5) is 5.95 Å². The van der Waals surface area contributed by atoms with Gasteiger partial charge in [-0.05, 0) is 58.4 Å². The van der Waals surface area contributed by atoms with E-state index in [0.29, 0.717) is 5.92 Å². The molecule has 2 aromatic heterocycles. The van der Waals surface area contributed by atoms with Crippen LogP contribution in [0.1, 0.15) is 75.7 Å². The summed E-state index contributed by atoms with van der Waals surface area (Å²) in [5, 5.41) is 9.15. The predicted octanol–water partition coefficient (Wildman–Crippen LogP) is 4.25. The van der Waals surface area contributed by atoms with E-state index in [4.69, 9.17) is 9.47 Å². The Morgan fingerprint density at radius 1 is 1.20 bits per heavy atom. The van der Waals surface area contributed by atoms with Gasteiger partial charge >= 0.3 is 0 Å². The van der Waals surface area contributed by atoms with Gasteiger partial charge in [-0.3, -0.25) is 19.3 Å². The van der Waals surface area contributed by atoms with Crippen molar-refractivity contribution in [3.63, 3.8) is 0 Å². The molecular formula is C21H34N6O2S. The Bertz CT molecular complexity index is 808. The number of hydrogen-bond donors (Lipinski definition) is 1. The van der Waals surface area contributed by atoms with E-state index >= 15 is 0 Å². The normalized spacial score (nSPS) is 18.1. The summed E-state index contributed by atoms with van der Waals surface area (Å²) in [6.45, 7) is 9.31. The average molecular weight is 435 g/mol. The van der Waals surface area contributed by atoms with Crippen molar-refractivity contribution in [3.05, 3.63) is 29.6 Å². The minimum atomic E-state index is -0.170. The number of nitrogens with one attached hydrogen (secondary N) is 1. The molecule has 0 aromatic carbocycles. The highest BCUT2D eigenvalue weighted by atomic mass is 32.2. The second-order valence-corrected chi connectivity index (χ2v) is 9.60. The number of rotatable bonds is 12. The number of aromatic nitrogens is 5. The first kappa shape index (κ1) is 23.0. The molecule has 166 valence electrons. The standard InChI is InChI=1S/C21H34N6O2S/c1-14(8-7-11-28-5)19-24-25-20(27(19)21(4)9-10-21)26-30-16(3)18(29-6)17-13-22-15(2)12-23-17/h12-14,16,18H,7-11H2,1-6H3,(H,25,26). The zero-order chi connectivity index (χ0) is 21.7. The predicted molar refractivity (Wildman–Crippen MR) is 120 cm³/mol. The van der Waals surface area contributed by atoms with Crippen molar-refractivity contribution in [2.75, 3.05) is 25.5 Å². The van der Waals surface area contributed by atoms with Gasteiger partial charge in [-0.25, -0.2) is 0 Å². The van der Waals surface area contributed by atoms with Crippen LogP contribution in [0.25, 0.3) is 0 Å². The van der Waals surface area contributed by atoms with E-state index in [9.17, 15) is 0 Å². The molecule has 3 unspecified atom stereocenters. The first-order valence-corrected chi connectivity index (χ1v) is 11.5. The molecular weight excluding hydrogens is 400 g/mol. The Hall–Kier alpha value is -1.71. The number of methoxy groups -OCH3 is 2. The van der Waals surface area contributed by atoms with E-state index < -0.39 is 0 Å². The van der Waals surface area contributed by atoms with Crippen LogP contribution >= 0.6 is 11.9 Å². The third-order valence-corrected chi connectivity index (χ3v) is 6.66. The van der Waals surface area contributed by atoms with Crippen molar-refractivity contribution in [2.45, 2.75) is 76.2 Å². The summed E-state index contributed by atoms with van der Waals surface area (Å²) in [5.74, 6) is 2.19. The van der Waals surface area contributed by atoms with Crippen molar-refractivity contribution in [1.29, 1.82) is 0 Å². The van der Waals surface area contributed by atoms with Gasteiger partial charge in [0.15, 0.2) is 0 Å². The van der Waals surface area contributed by atoms with Gasteiger partial charge in [0.1, 0.15) is 11.9 Å². The Morgan fingerprint density at radius 3 is 2.57 bits per heavy atom. The van der Waals surface area contributed by atoms with Crippen LogP contribution in [0, 0.1) is 6.92 Å². The summed E-state index contributed by atoms with van der Waals surface area (Å²) in [6.07, 6.45) is 7.74. The maximum Gasteiger partial charge on any atom is 0.235 e. The summed E-state index contributed by atoms with van der Waals surface area (Å²) >= 11 is 1.58. The molecule has 1 aliphatic rings. The summed E-state index contributed by atoms with van der Waals surface area (Å²) in [7, 11) is 3.45. The van der Waals surface area contributed by atoms with Crippen LogP contribution in [0.5, 0.6) is 0 Å². The monoisotopic (exact) mass is 434 g/mol. The number of hydrogen-bond acceptors (Lipinski definition) is 8. The smallest absolute Gasteiger partial charge is 0.235 e. The highest BCUT2D eigenvalue weighted by Gasteiger charge is 2.43. The summed E-state index contributed by atoms with van der Waals surface area (Å²) in [4.78, 5) is 8.83. The van der Waals surface area contributed by atoms with E-state index in [0.717, 1.165) is 55.5 Å². The molecule has 2 heterocycles. The molecule has 8 nitrogen and oxygen atoms in total. The summed E-state index contributed by atoms with van der Waals surface area (Å²) in [6, 6.07) is 0. The SMILES string of the molecule is COCCCC(C)c1nnc(NSC(C)C(OC)c2cnc(C)cn2)n1C1(C)CC1. The molecule has 3 rings (SSSR count). The van der Waals surface area contributed by atoms with Gasteiger partial charge in [0.05, 0.1) is 22.8 Å². The summed E-state index contributed by atoms with van der Waals surface area (Å²) in [5.41, 5.74) is 1.82. The number of anilines is 1. The molecule has 0 radical (unpaired) electrons. The van der Waals surface area contributed by atoms with Crippen LogP contribution in [0.15, 0.2) is 12.4 Å². The maximum atomic E-state index is 5.72. The maximum absolute atomic E-state index is 5.72. The molecule has 3 atom stereocenters. The number of aryl methyl sites for hydroxylation is 1. The van der Waals surface area contributed by atoms with Crippen molar-refractivity contribution in [1.82, 2.24) is 24.7 Å². The second kappa shape index (κ2) is 10.1. The molecule has 30 heavy (non-hydrogen) atoms. The molecule has 2 aromatic rings. The third kappa shape index (κ3) is 5.31. The molecule has 9 heteroatoms. The zero-order valence-electron chi connectivity index (χ0n) is 18.9. The number of nitrogens with zero attached hydrogens (tertiary/aromatic N) is 5. The lowest BCUT2D eigenvalue weighted by atomic mass is 10.0. The van der Waals surface area contributed by atoms with Gasteiger partial charge in [0.2, 0.25) is 5.95 Å². The molecule has 1 N–H and O–H groups in total. The lowest BCUT2D eigenvalue weighted by molar-refractivity contribution is 0.101. The van der Waals surface area contributed by atoms with E-state index in [2.05, 4.69) is 50.2 Å². The molecule has 1 fully saturated rings. The van der Waals surface area contributed by atoms with Gasteiger partial charge in [-0.1, -0.05) is 6.92 Å². The van der Waals surface area contributed by atoms with E-state index in [1.54, 1.807) is 38.6 Å². The molecule has 0 aliphatic heterocycles. The summed E-state index contributed by atoms with van der Waals surface area (Å²) < 4.78 is 16.7. The Kier molecular flexibility index (Phi) is 7.70. The largest absolute Gasteiger partial charge is 0.385 e. The minimum Gasteiger partial charge on any atom is -0.385 e. The first-order valence-electron chi connectivity index (χ1n) is 10.6. The van der Waals surface area contributed by atoms with E-state index in [1.807, 2.05) is 6.92 Å². The van der Waals surface area contributed by atoms with Gasteiger partial charge in [-0.2, -0.15) is 0 Å². The van der Waals surface area contributed by atoms with Gasteiger partial charge in [0.25, 0.3) is 0 Å². The molecule has 1 saturated carbocycles. The lowest BCUT2D eigenvalue weighted by Gasteiger charge is -2.23. The fourth-order valence-electron chi connectivity index (χ4n) is 3.59. The van der Waals surface area contributed by atoms with Crippen LogP contribution in [-0.2, 0) is 15.0 Å². The third-order valence-electron chi connectivity index (χ3n) is 5.74. The average Bonchev–Trinajstić information content (AvgIpc) is 3.32. The van der Waals surface area contributed by atoms with Crippen LogP contribution in [-0.4, -0.2) is 50.8 Å². The molecule has 0 saturated heterocycles. The Balaban J connectivity index is 1.70. The van der Waals surface area contributed by atoms with Crippen molar-refractivity contribution in [2.24, 2.45) is 0 Å². The van der Waals surface area contributed by atoms with Crippen LogP contribution in [0.2, 0.25) is 0 Å². The fourth-order valence-corrected chi connectivity index (χ4v) is 4.39. The Morgan fingerprint density at radius 2 is 1.97 bits per heavy atom. The minimum absolute atomic E-state index is 0.101. The van der Waals surface area contributed by atoms with Crippen LogP contribution < -0.4 is 4.72 Å². The van der Waals surface area contributed by atoms with Crippen molar-refractivity contribution >= 4 is 17.9 Å². The topological polar surface area (TPSA) is 87.0 Å². The van der Waals surface area contributed by atoms with Gasteiger partial charge in [-0.15, -0.1) is 10.2 Å². The van der Waals surface area contributed by atoms with E-state index in [1.165, 1.54) is 0 Å². The zero-order valence-corrected chi connectivity index (χ0v) is 19.7. The van der Waals surface area contributed by atoms with Crippen LogP contribution in [0.3, 0.4) is 0 Å². The van der Waals surface area contributed by atoms with E-state index in [-0.39, 0.29) is 16.9 Å².